The van der Waals surface area contributed by atoms with Crippen molar-refractivity contribution in [3.8, 4) is 22.5 Å². The Kier molecular flexibility index (Phi) is 13.5. The molecule has 15 heteroatoms. The normalized spacial score (nSPS) is 23.9. The van der Waals surface area contributed by atoms with Gasteiger partial charge in [-0.25, -0.2) is 15.2 Å². The zero-order valence-corrected chi connectivity index (χ0v) is 39.4. The number of esters is 1. The van der Waals surface area contributed by atoms with Crippen molar-refractivity contribution >= 4 is 45.8 Å². The number of amides is 3. The molecule has 0 radical (unpaired) electrons. The quantitative estimate of drug-likeness (QED) is 0.164. The first-order valence-electron chi connectivity index (χ1n) is 23.2. The van der Waals surface area contributed by atoms with E-state index in [1.54, 1.807) is 12.1 Å². The smallest absolute Gasteiger partial charge is 0.324 e. The van der Waals surface area contributed by atoms with E-state index in [0.29, 0.717) is 38.8 Å². The number of rotatable bonds is 9. The number of aromatic nitrogens is 3. The number of cyclic esters (lactones) is 1. The Balaban J connectivity index is 1.28. The van der Waals surface area contributed by atoms with Gasteiger partial charge in [0.1, 0.15) is 12.1 Å². The highest BCUT2D eigenvalue weighted by Crippen LogP contribution is 2.43. The van der Waals surface area contributed by atoms with Crippen LogP contribution in [-0.2, 0) is 32.0 Å². The second kappa shape index (κ2) is 18.9. The summed E-state index contributed by atoms with van der Waals surface area (Å²) in [5.41, 5.74) is 10.9. The molecule has 3 saturated heterocycles. The average molecular weight is 882 g/mol. The molecule has 0 spiro atoms. The first kappa shape index (κ1) is 45.0. The molecule has 5 atom stereocenters. The third-order valence-corrected chi connectivity index (χ3v) is 14.8. The zero-order chi connectivity index (χ0) is 44.6. The molecule has 14 nitrogen and oxygen atoms in total. The van der Waals surface area contributed by atoms with Crippen LogP contribution in [0.3, 0.4) is 0 Å². The average Bonchev–Trinajstić information content (AvgIpc) is 3.88. The summed E-state index contributed by atoms with van der Waals surface area (Å²) in [4.78, 5) is 59.7. The lowest BCUT2D eigenvalue weighted by molar-refractivity contribution is -0.155. The van der Waals surface area contributed by atoms with Crippen LogP contribution in [0.4, 0.5) is 10.5 Å². The number of piperazine rings is 1. The lowest BCUT2D eigenvalue weighted by atomic mass is 9.84. The molecular formula is C48H67N9O5S. The van der Waals surface area contributed by atoms with Crippen LogP contribution in [0, 0.1) is 5.41 Å². The molecule has 3 fully saturated rings. The standard InChI is InChI=1S/C48H67N9O5S/c1-9-13-34-42(51-47(60)56-19-17-32(56)10-2)45(58)57-18-12-14-38(52-57)46(59)62-29-48(5,6)26-37-35-24-31(39-28-63-44(34)50-39)15-16-40(35)55(11-3)43(37)36-25-33(27-49-41(36)30(4)61-8)54-22-20-53(7)21-23-54/h15-16,24-25,27-28,30,32,34,38,42,52H,9-14,17-23,26,29H2,1-8H3,(H,51,60)/t30-,32+,34-,38-,42-/m0/s1. The number of hydrazine groups is 1. The summed E-state index contributed by atoms with van der Waals surface area (Å²) in [5.74, 6) is -1.03. The van der Waals surface area contributed by atoms with Gasteiger partial charge in [0.05, 0.1) is 46.7 Å². The van der Waals surface area contributed by atoms with Crippen molar-refractivity contribution in [3.63, 3.8) is 0 Å². The van der Waals surface area contributed by atoms with E-state index < -0.39 is 17.5 Å². The lowest BCUT2D eigenvalue weighted by Gasteiger charge is -2.42. The number of hydrogen-bond acceptors (Lipinski definition) is 11. The molecule has 3 aromatic heterocycles. The number of carbonyl (C=O) groups excluding carboxylic acids is 3. The van der Waals surface area contributed by atoms with Gasteiger partial charge >= 0.3 is 12.0 Å². The van der Waals surface area contributed by atoms with Crippen LogP contribution in [0.25, 0.3) is 33.4 Å². The molecule has 6 bridgehead atoms. The minimum absolute atomic E-state index is 0.155. The van der Waals surface area contributed by atoms with Crippen molar-refractivity contribution in [1.82, 2.24) is 40.1 Å². The molecule has 340 valence electrons. The summed E-state index contributed by atoms with van der Waals surface area (Å²) in [6.07, 6.45) is 6.75. The highest BCUT2D eigenvalue weighted by atomic mass is 32.1. The number of methoxy groups -OCH3 is 1. The molecule has 2 N–H and O–H groups in total. The zero-order valence-electron chi connectivity index (χ0n) is 38.5. The van der Waals surface area contributed by atoms with E-state index in [1.165, 1.54) is 11.3 Å². The topological polar surface area (TPSA) is 137 Å². The number of fused-ring (bicyclic) bond motifs is 6. The van der Waals surface area contributed by atoms with E-state index >= 15 is 0 Å². The third kappa shape index (κ3) is 9.08. The summed E-state index contributed by atoms with van der Waals surface area (Å²) < 4.78 is 14.6. The predicted molar refractivity (Wildman–Crippen MR) is 249 cm³/mol. The van der Waals surface area contributed by atoms with Gasteiger partial charge in [-0.3, -0.25) is 19.6 Å². The Hall–Kier alpha value is -4.57. The molecule has 4 aliphatic rings. The van der Waals surface area contributed by atoms with Crippen LogP contribution in [0.5, 0.6) is 0 Å². The van der Waals surface area contributed by atoms with Crippen molar-refractivity contribution in [2.24, 2.45) is 5.41 Å². The maximum atomic E-state index is 14.7. The van der Waals surface area contributed by atoms with Gasteiger partial charge in [-0.05, 0) is 83.2 Å². The second-order valence-corrected chi connectivity index (χ2v) is 19.7. The van der Waals surface area contributed by atoms with Crippen LogP contribution in [0.1, 0.15) is 108 Å². The fourth-order valence-electron chi connectivity index (χ4n) is 9.92. The van der Waals surface area contributed by atoms with Crippen molar-refractivity contribution in [2.75, 3.05) is 64.9 Å². The molecule has 0 unspecified atom stereocenters. The number of hydrogen-bond donors (Lipinski definition) is 2. The largest absolute Gasteiger partial charge is 0.464 e. The number of ether oxygens (including phenoxy) is 2. The fraction of sp³-hybridized carbons (Fsp3) is 0.604. The molecule has 8 rings (SSSR count). The Bertz CT molecular complexity index is 2300. The van der Waals surface area contributed by atoms with E-state index in [9.17, 15) is 14.4 Å². The molecule has 3 amide bonds. The van der Waals surface area contributed by atoms with E-state index in [4.69, 9.17) is 19.4 Å². The number of urea groups is 1. The van der Waals surface area contributed by atoms with Gasteiger partial charge in [-0.2, -0.15) is 0 Å². The summed E-state index contributed by atoms with van der Waals surface area (Å²) in [6.45, 7) is 18.5. The lowest BCUT2D eigenvalue weighted by Crippen LogP contribution is -2.63. The molecular weight excluding hydrogens is 815 g/mol. The van der Waals surface area contributed by atoms with Crippen LogP contribution < -0.4 is 15.6 Å². The molecule has 7 heterocycles. The first-order chi connectivity index (χ1) is 30.3. The molecule has 63 heavy (non-hydrogen) atoms. The number of likely N-dealkylation sites (N-methyl/N-ethyl adjacent to an activating group) is 1. The predicted octanol–water partition coefficient (Wildman–Crippen LogP) is 7.37. The Morgan fingerprint density at radius 1 is 1.08 bits per heavy atom. The number of nitrogens with zero attached hydrogens (tertiary/aromatic N) is 7. The second-order valence-electron chi connectivity index (χ2n) is 18.8. The SMILES string of the molecule is CCC[C@@H]1c2nc(cs2)-c2ccc3c(c2)c(c(-c2cc(N4CCN(C)CC4)cnc2[C@H](C)OC)n3CC)CC(C)(C)COC(=O)[C@@H]2CCCN(N2)C(=O)[C@H]1NC(=O)N1CC[C@H]1CC. The van der Waals surface area contributed by atoms with E-state index in [1.807, 2.05) is 11.1 Å². The highest BCUT2D eigenvalue weighted by molar-refractivity contribution is 7.10. The van der Waals surface area contributed by atoms with E-state index in [-0.39, 0.29) is 42.6 Å². The Labute approximate surface area is 376 Å². The van der Waals surface area contributed by atoms with Gasteiger partial charge in [0.15, 0.2) is 0 Å². The number of benzene rings is 1. The van der Waals surface area contributed by atoms with Gasteiger partial charge in [0.25, 0.3) is 5.91 Å². The minimum atomic E-state index is -0.885. The fourth-order valence-corrected chi connectivity index (χ4v) is 10.9. The third-order valence-electron chi connectivity index (χ3n) is 13.8. The summed E-state index contributed by atoms with van der Waals surface area (Å²) in [7, 11) is 3.90. The van der Waals surface area contributed by atoms with Gasteiger partial charge in [0, 0.05) is 97.7 Å². The van der Waals surface area contributed by atoms with E-state index in [2.05, 4.69) is 103 Å². The van der Waals surface area contributed by atoms with Crippen LogP contribution in [-0.4, -0.2) is 125 Å². The molecule has 0 aliphatic carbocycles. The number of carbonyl (C=O) groups is 3. The minimum Gasteiger partial charge on any atom is -0.464 e. The van der Waals surface area contributed by atoms with Gasteiger partial charge in [0.2, 0.25) is 0 Å². The van der Waals surface area contributed by atoms with Crippen LogP contribution >= 0.6 is 11.3 Å². The molecule has 4 aromatic rings. The highest BCUT2D eigenvalue weighted by Gasteiger charge is 2.41. The van der Waals surface area contributed by atoms with Gasteiger partial charge < -0.3 is 34.1 Å². The number of thiazole rings is 1. The van der Waals surface area contributed by atoms with Crippen molar-refractivity contribution in [3.05, 3.63) is 52.1 Å². The van der Waals surface area contributed by atoms with Gasteiger partial charge in [-0.15, -0.1) is 11.3 Å². The number of pyridine rings is 1. The van der Waals surface area contributed by atoms with Crippen molar-refractivity contribution < 1.29 is 23.9 Å². The van der Waals surface area contributed by atoms with Gasteiger partial charge in [-0.1, -0.05) is 40.2 Å². The Morgan fingerprint density at radius 2 is 1.87 bits per heavy atom. The summed E-state index contributed by atoms with van der Waals surface area (Å²) >= 11 is 1.54. The molecule has 4 aliphatic heterocycles. The van der Waals surface area contributed by atoms with Crippen molar-refractivity contribution in [2.45, 2.75) is 123 Å². The number of aryl methyl sites for hydroxylation is 1. The first-order valence-corrected chi connectivity index (χ1v) is 24.1. The monoisotopic (exact) mass is 881 g/mol. The Morgan fingerprint density at radius 3 is 2.57 bits per heavy atom. The summed E-state index contributed by atoms with van der Waals surface area (Å²) in [5, 5.41) is 8.73. The maximum Gasteiger partial charge on any atom is 0.324 e. The maximum absolute atomic E-state index is 14.7. The number of anilines is 1. The number of nitrogens with one attached hydrogen (secondary N) is 2. The van der Waals surface area contributed by atoms with Crippen LogP contribution in [0.15, 0.2) is 35.8 Å². The van der Waals surface area contributed by atoms with Crippen molar-refractivity contribution in [1.29, 1.82) is 0 Å². The molecule has 0 saturated carbocycles. The molecule has 1 aromatic carbocycles. The summed E-state index contributed by atoms with van der Waals surface area (Å²) in [6, 6.07) is 7.25. The van der Waals surface area contributed by atoms with Crippen LogP contribution in [0.2, 0.25) is 0 Å². The number of likely N-dealkylation sites (tertiary alicyclic amines) is 1. The van der Waals surface area contributed by atoms with E-state index in [0.717, 1.165) is 107 Å².